The predicted octanol–water partition coefficient (Wildman–Crippen LogP) is 2.87. The Kier molecular flexibility index (Phi) is 6.57. The van der Waals surface area contributed by atoms with Crippen LogP contribution in [0, 0.1) is 0 Å². The zero-order chi connectivity index (χ0) is 17.4. The molecule has 24 heavy (non-hydrogen) atoms. The number of nitrogens with zero attached hydrogens (tertiary/aromatic N) is 2. The van der Waals surface area contributed by atoms with Gasteiger partial charge in [-0.05, 0) is 36.9 Å². The van der Waals surface area contributed by atoms with Crippen LogP contribution in [0.25, 0.3) is 0 Å². The number of rotatable bonds is 7. The van der Waals surface area contributed by atoms with Gasteiger partial charge in [0.2, 0.25) is 0 Å². The molecule has 0 radical (unpaired) electrons. The average Bonchev–Trinajstić information content (AvgIpc) is 2.60. The molecule has 1 N–H and O–H groups in total. The highest BCUT2D eigenvalue weighted by Gasteiger charge is 2.11. The van der Waals surface area contributed by atoms with Gasteiger partial charge in [-0.25, -0.2) is 4.79 Å². The number of benzene rings is 1. The molecule has 0 saturated heterocycles. The van der Waals surface area contributed by atoms with Gasteiger partial charge in [0.05, 0.1) is 6.61 Å². The first-order chi connectivity index (χ1) is 11.6. The molecule has 128 valence electrons. The van der Waals surface area contributed by atoms with Crippen LogP contribution in [0.1, 0.15) is 18.0 Å². The second-order valence-corrected chi connectivity index (χ2v) is 5.49. The average molecular weight is 329 g/mol. The van der Waals surface area contributed by atoms with Crippen LogP contribution < -0.4 is 14.8 Å². The molecule has 1 heterocycles. The minimum Gasteiger partial charge on any atom is -0.493 e. The van der Waals surface area contributed by atoms with Crippen LogP contribution in [0.5, 0.6) is 11.5 Å². The standard InChI is InChI=1S/C18H23N3O3/c1-19-17(10-13-23-15-8-11-20-12-9-15)14-4-6-16(7-5-14)24-18(22)21(2)3/h4-9,11-12,17,19H,10,13H2,1-3H3. The third-order valence-electron chi connectivity index (χ3n) is 3.53. The summed E-state index contributed by atoms with van der Waals surface area (Å²) < 4.78 is 10.9. The van der Waals surface area contributed by atoms with Gasteiger partial charge in [-0.15, -0.1) is 0 Å². The van der Waals surface area contributed by atoms with Gasteiger partial charge in [0.1, 0.15) is 11.5 Å². The van der Waals surface area contributed by atoms with Crippen molar-refractivity contribution >= 4 is 6.09 Å². The highest BCUT2D eigenvalue weighted by Crippen LogP contribution is 2.21. The molecular weight excluding hydrogens is 306 g/mol. The van der Waals surface area contributed by atoms with Crippen LogP contribution in [-0.4, -0.2) is 43.7 Å². The number of hydrogen-bond donors (Lipinski definition) is 1. The molecule has 2 aromatic rings. The van der Waals surface area contributed by atoms with E-state index in [2.05, 4.69) is 10.3 Å². The van der Waals surface area contributed by atoms with Crippen molar-refractivity contribution in [3.63, 3.8) is 0 Å². The van der Waals surface area contributed by atoms with Crippen molar-refractivity contribution in [2.24, 2.45) is 0 Å². The SMILES string of the molecule is CNC(CCOc1ccncc1)c1ccc(OC(=O)N(C)C)cc1. The van der Waals surface area contributed by atoms with Crippen molar-refractivity contribution in [3.8, 4) is 11.5 Å². The number of amides is 1. The molecule has 1 atom stereocenters. The lowest BCUT2D eigenvalue weighted by atomic mass is 10.0. The molecule has 1 amide bonds. The van der Waals surface area contributed by atoms with Crippen LogP contribution in [0.2, 0.25) is 0 Å². The van der Waals surface area contributed by atoms with Crippen LogP contribution in [0.15, 0.2) is 48.8 Å². The number of carbonyl (C=O) groups excluding carboxylic acids is 1. The van der Waals surface area contributed by atoms with E-state index in [0.717, 1.165) is 17.7 Å². The Balaban J connectivity index is 1.89. The molecule has 0 aliphatic rings. The minimum atomic E-state index is -0.390. The maximum atomic E-state index is 11.5. The monoisotopic (exact) mass is 329 g/mol. The number of hydrogen-bond acceptors (Lipinski definition) is 5. The maximum absolute atomic E-state index is 11.5. The number of ether oxygens (including phenoxy) is 2. The van der Waals surface area contributed by atoms with E-state index in [1.165, 1.54) is 4.90 Å². The summed E-state index contributed by atoms with van der Waals surface area (Å²) >= 11 is 0. The molecule has 0 saturated carbocycles. The molecular formula is C18H23N3O3. The first-order valence-electron chi connectivity index (χ1n) is 7.79. The number of carbonyl (C=O) groups is 1. The van der Waals surface area contributed by atoms with Crippen molar-refractivity contribution in [2.75, 3.05) is 27.7 Å². The summed E-state index contributed by atoms with van der Waals surface area (Å²) in [6.45, 7) is 0.590. The fourth-order valence-corrected chi connectivity index (χ4v) is 2.17. The van der Waals surface area contributed by atoms with Crippen molar-refractivity contribution in [3.05, 3.63) is 54.4 Å². The highest BCUT2D eigenvalue weighted by atomic mass is 16.6. The smallest absolute Gasteiger partial charge is 0.414 e. The molecule has 6 heteroatoms. The molecule has 6 nitrogen and oxygen atoms in total. The Labute approximate surface area is 142 Å². The Bertz CT molecular complexity index is 630. The summed E-state index contributed by atoms with van der Waals surface area (Å²) in [6, 6.07) is 11.3. The van der Waals surface area contributed by atoms with E-state index in [4.69, 9.17) is 9.47 Å². The lowest BCUT2D eigenvalue weighted by Gasteiger charge is -2.17. The first-order valence-corrected chi connectivity index (χ1v) is 7.79. The van der Waals surface area contributed by atoms with E-state index in [1.807, 2.05) is 31.3 Å². The van der Waals surface area contributed by atoms with Crippen molar-refractivity contribution < 1.29 is 14.3 Å². The topological polar surface area (TPSA) is 63.7 Å². The minimum absolute atomic E-state index is 0.158. The second-order valence-electron chi connectivity index (χ2n) is 5.49. The van der Waals surface area contributed by atoms with Crippen molar-refractivity contribution in [1.82, 2.24) is 15.2 Å². The summed E-state index contributed by atoms with van der Waals surface area (Å²) in [7, 11) is 5.21. The fourth-order valence-electron chi connectivity index (χ4n) is 2.17. The Hall–Kier alpha value is -2.60. The van der Waals surface area contributed by atoms with E-state index in [-0.39, 0.29) is 6.04 Å². The predicted molar refractivity (Wildman–Crippen MR) is 92.3 cm³/mol. The summed E-state index contributed by atoms with van der Waals surface area (Å²) in [5, 5.41) is 3.27. The molecule has 0 bridgehead atoms. The Morgan fingerprint density at radius 1 is 1.12 bits per heavy atom. The van der Waals surface area contributed by atoms with Gasteiger partial charge in [0, 0.05) is 39.0 Å². The van der Waals surface area contributed by atoms with Gasteiger partial charge >= 0.3 is 6.09 Å². The largest absolute Gasteiger partial charge is 0.493 e. The molecule has 1 unspecified atom stereocenters. The van der Waals surface area contributed by atoms with E-state index in [1.54, 1.807) is 38.6 Å². The summed E-state index contributed by atoms with van der Waals surface area (Å²) in [5.74, 6) is 1.34. The molecule has 0 fully saturated rings. The molecule has 0 aliphatic carbocycles. The van der Waals surface area contributed by atoms with Crippen molar-refractivity contribution in [1.29, 1.82) is 0 Å². The molecule has 1 aromatic carbocycles. The lowest BCUT2D eigenvalue weighted by Crippen LogP contribution is -2.25. The van der Waals surface area contributed by atoms with Gasteiger partial charge in [0.25, 0.3) is 0 Å². The van der Waals surface area contributed by atoms with E-state index in [0.29, 0.717) is 12.4 Å². The van der Waals surface area contributed by atoms with Crippen LogP contribution in [0.4, 0.5) is 4.79 Å². The maximum Gasteiger partial charge on any atom is 0.414 e. The summed E-state index contributed by atoms with van der Waals surface area (Å²) in [5.41, 5.74) is 1.11. The zero-order valence-corrected chi connectivity index (χ0v) is 14.2. The van der Waals surface area contributed by atoms with E-state index >= 15 is 0 Å². The second kappa shape index (κ2) is 8.88. The van der Waals surface area contributed by atoms with Gasteiger partial charge in [-0.2, -0.15) is 0 Å². The zero-order valence-electron chi connectivity index (χ0n) is 14.2. The van der Waals surface area contributed by atoms with Gasteiger partial charge < -0.3 is 19.7 Å². The van der Waals surface area contributed by atoms with E-state index in [9.17, 15) is 4.79 Å². The highest BCUT2D eigenvalue weighted by molar-refractivity contribution is 5.69. The number of nitrogens with one attached hydrogen (secondary N) is 1. The quantitative estimate of drug-likeness (QED) is 0.846. The molecule has 1 aromatic heterocycles. The van der Waals surface area contributed by atoms with Crippen LogP contribution >= 0.6 is 0 Å². The number of aromatic nitrogens is 1. The summed E-state index contributed by atoms with van der Waals surface area (Å²) in [4.78, 5) is 16.9. The molecule has 0 aliphatic heterocycles. The van der Waals surface area contributed by atoms with E-state index < -0.39 is 6.09 Å². The first kappa shape index (κ1) is 17.7. The van der Waals surface area contributed by atoms with Gasteiger partial charge in [0.15, 0.2) is 0 Å². The lowest BCUT2D eigenvalue weighted by molar-refractivity contribution is 0.172. The summed E-state index contributed by atoms with van der Waals surface area (Å²) in [6.07, 6.45) is 3.84. The normalized spacial score (nSPS) is 11.6. The Morgan fingerprint density at radius 2 is 1.79 bits per heavy atom. The third kappa shape index (κ3) is 5.24. The number of pyridine rings is 1. The third-order valence-corrected chi connectivity index (χ3v) is 3.53. The van der Waals surface area contributed by atoms with Crippen LogP contribution in [0.3, 0.4) is 0 Å². The fraction of sp³-hybridized carbons (Fsp3) is 0.333. The molecule has 2 rings (SSSR count). The Morgan fingerprint density at radius 3 is 2.38 bits per heavy atom. The van der Waals surface area contributed by atoms with Crippen LogP contribution in [-0.2, 0) is 0 Å². The van der Waals surface area contributed by atoms with Crippen molar-refractivity contribution in [2.45, 2.75) is 12.5 Å². The molecule has 0 spiro atoms. The van der Waals surface area contributed by atoms with Gasteiger partial charge in [-0.3, -0.25) is 4.98 Å². The van der Waals surface area contributed by atoms with Gasteiger partial charge in [-0.1, -0.05) is 12.1 Å².